The molecule has 1 N–H and O–H groups in total. The molecule has 134 valence electrons. The van der Waals surface area contributed by atoms with E-state index in [4.69, 9.17) is 4.74 Å². The third-order valence-electron chi connectivity index (χ3n) is 4.22. The summed E-state index contributed by atoms with van der Waals surface area (Å²) in [4.78, 5) is 12.5. The van der Waals surface area contributed by atoms with Crippen LogP contribution in [0.1, 0.15) is 23.6 Å². The number of rotatable bonds is 7. The molecule has 1 amide bonds. The zero-order valence-electron chi connectivity index (χ0n) is 14.6. The van der Waals surface area contributed by atoms with Crippen LogP contribution in [0.4, 0.5) is 4.39 Å². The normalized spacial score (nSPS) is 11.8. The van der Waals surface area contributed by atoms with Crippen molar-refractivity contribution in [2.75, 3.05) is 7.11 Å². The number of aromatic nitrogens is 1. The quantitative estimate of drug-likeness (QED) is 0.700. The average Bonchev–Trinajstić information content (AvgIpc) is 3.19. The summed E-state index contributed by atoms with van der Waals surface area (Å²) in [6, 6.07) is 17.5. The van der Waals surface area contributed by atoms with E-state index >= 15 is 0 Å². The predicted octanol–water partition coefficient (Wildman–Crippen LogP) is 3.93. The first-order chi connectivity index (χ1) is 12.7. The van der Waals surface area contributed by atoms with E-state index in [2.05, 4.69) is 5.32 Å². The van der Waals surface area contributed by atoms with Crippen molar-refractivity contribution in [3.05, 3.63) is 90.0 Å². The number of carbonyl (C=O) groups is 1. The third-order valence-corrected chi connectivity index (χ3v) is 4.22. The van der Waals surface area contributed by atoms with Crippen molar-refractivity contribution in [2.45, 2.75) is 19.0 Å². The third kappa shape index (κ3) is 4.51. The van der Waals surface area contributed by atoms with E-state index in [0.29, 0.717) is 6.54 Å². The van der Waals surface area contributed by atoms with Crippen LogP contribution in [0.5, 0.6) is 5.75 Å². The number of nitrogens with zero attached hydrogens (tertiary/aromatic N) is 1. The van der Waals surface area contributed by atoms with Gasteiger partial charge in [0.2, 0.25) is 5.91 Å². The SMILES string of the molecule is COc1cccc(CNC(=O)C[C@@H](c2cccc(F)c2)n2cccc2)c1. The van der Waals surface area contributed by atoms with Gasteiger partial charge in [0.05, 0.1) is 19.6 Å². The molecule has 0 saturated carbocycles. The van der Waals surface area contributed by atoms with Gasteiger partial charge in [-0.2, -0.15) is 0 Å². The van der Waals surface area contributed by atoms with Crippen molar-refractivity contribution in [2.24, 2.45) is 0 Å². The Labute approximate surface area is 152 Å². The molecule has 2 aromatic carbocycles. The van der Waals surface area contributed by atoms with Crippen molar-refractivity contribution >= 4 is 5.91 Å². The predicted molar refractivity (Wildman–Crippen MR) is 98.4 cm³/mol. The minimum absolute atomic E-state index is 0.101. The minimum Gasteiger partial charge on any atom is -0.497 e. The molecule has 1 atom stereocenters. The van der Waals surface area contributed by atoms with Crippen LogP contribution in [-0.2, 0) is 11.3 Å². The van der Waals surface area contributed by atoms with Gasteiger partial charge in [-0.3, -0.25) is 4.79 Å². The number of methoxy groups -OCH3 is 1. The number of benzene rings is 2. The van der Waals surface area contributed by atoms with E-state index in [-0.39, 0.29) is 24.2 Å². The summed E-state index contributed by atoms with van der Waals surface area (Å²) >= 11 is 0. The Hall–Kier alpha value is -3.08. The van der Waals surface area contributed by atoms with E-state index < -0.39 is 0 Å². The molecule has 0 radical (unpaired) electrons. The van der Waals surface area contributed by atoms with Gasteiger partial charge in [0.1, 0.15) is 11.6 Å². The standard InChI is InChI=1S/C21H21FN2O2/c1-26-19-9-4-6-16(12-19)15-23-21(25)14-20(24-10-2-3-11-24)17-7-5-8-18(22)13-17/h2-13,20H,14-15H2,1H3,(H,23,25)/t20-/m0/s1. The minimum atomic E-state index is -0.309. The zero-order chi connectivity index (χ0) is 18.4. The number of carbonyl (C=O) groups excluding carboxylic acids is 1. The number of amides is 1. The molecule has 26 heavy (non-hydrogen) atoms. The van der Waals surface area contributed by atoms with Crippen LogP contribution in [0.2, 0.25) is 0 Å². The molecule has 1 heterocycles. The Morgan fingerprint density at radius 3 is 2.62 bits per heavy atom. The Kier molecular flexibility index (Phi) is 5.69. The van der Waals surface area contributed by atoms with Crippen LogP contribution in [0.15, 0.2) is 73.1 Å². The van der Waals surface area contributed by atoms with Gasteiger partial charge in [0, 0.05) is 18.9 Å². The molecular formula is C21H21FN2O2. The van der Waals surface area contributed by atoms with Crippen LogP contribution in [0.25, 0.3) is 0 Å². The van der Waals surface area contributed by atoms with Gasteiger partial charge < -0.3 is 14.6 Å². The van der Waals surface area contributed by atoms with Crippen LogP contribution in [0, 0.1) is 5.82 Å². The van der Waals surface area contributed by atoms with Crippen molar-refractivity contribution in [1.82, 2.24) is 9.88 Å². The van der Waals surface area contributed by atoms with E-state index in [1.807, 2.05) is 59.4 Å². The Balaban J connectivity index is 1.69. The smallest absolute Gasteiger partial charge is 0.222 e. The maximum Gasteiger partial charge on any atom is 0.222 e. The number of nitrogens with one attached hydrogen (secondary N) is 1. The number of hydrogen-bond donors (Lipinski definition) is 1. The Morgan fingerprint density at radius 1 is 1.12 bits per heavy atom. The molecule has 3 rings (SSSR count). The van der Waals surface area contributed by atoms with Crippen LogP contribution >= 0.6 is 0 Å². The molecule has 5 heteroatoms. The highest BCUT2D eigenvalue weighted by atomic mass is 19.1. The average molecular weight is 352 g/mol. The maximum atomic E-state index is 13.6. The largest absolute Gasteiger partial charge is 0.497 e. The van der Waals surface area contributed by atoms with Gasteiger partial charge >= 0.3 is 0 Å². The molecule has 0 fully saturated rings. The van der Waals surface area contributed by atoms with E-state index in [9.17, 15) is 9.18 Å². The topological polar surface area (TPSA) is 43.3 Å². The summed E-state index contributed by atoms with van der Waals surface area (Å²) in [5, 5.41) is 2.93. The van der Waals surface area contributed by atoms with E-state index in [1.54, 1.807) is 13.2 Å². The molecule has 0 saturated heterocycles. The highest BCUT2D eigenvalue weighted by Crippen LogP contribution is 2.23. The summed E-state index contributed by atoms with van der Waals surface area (Å²) < 4.78 is 20.7. The lowest BCUT2D eigenvalue weighted by Gasteiger charge is -2.19. The second-order valence-corrected chi connectivity index (χ2v) is 6.03. The molecule has 1 aromatic heterocycles. The zero-order valence-corrected chi connectivity index (χ0v) is 14.6. The highest BCUT2D eigenvalue weighted by Gasteiger charge is 2.17. The van der Waals surface area contributed by atoms with Gasteiger partial charge in [-0.05, 0) is 47.5 Å². The van der Waals surface area contributed by atoms with Crippen LogP contribution < -0.4 is 10.1 Å². The first-order valence-corrected chi connectivity index (χ1v) is 8.43. The summed E-state index contributed by atoms with van der Waals surface area (Å²) in [5.74, 6) is 0.342. The van der Waals surface area contributed by atoms with Crippen molar-refractivity contribution in [3.63, 3.8) is 0 Å². The van der Waals surface area contributed by atoms with Gasteiger partial charge in [0.15, 0.2) is 0 Å². The summed E-state index contributed by atoms with van der Waals surface area (Å²) in [6.07, 6.45) is 3.98. The lowest BCUT2D eigenvalue weighted by molar-refractivity contribution is -0.121. The monoisotopic (exact) mass is 352 g/mol. The highest BCUT2D eigenvalue weighted by molar-refractivity contribution is 5.76. The fraction of sp³-hybridized carbons (Fsp3) is 0.190. The summed E-state index contributed by atoms with van der Waals surface area (Å²) in [7, 11) is 1.61. The number of ether oxygens (including phenoxy) is 1. The fourth-order valence-electron chi connectivity index (χ4n) is 2.90. The fourth-order valence-corrected chi connectivity index (χ4v) is 2.90. The molecule has 0 aliphatic rings. The van der Waals surface area contributed by atoms with Crippen LogP contribution in [-0.4, -0.2) is 17.6 Å². The van der Waals surface area contributed by atoms with Crippen LogP contribution in [0.3, 0.4) is 0 Å². The summed E-state index contributed by atoms with van der Waals surface area (Å²) in [5.41, 5.74) is 1.72. The lowest BCUT2D eigenvalue weighted by Crippen LogP contribution is -2.26. The second kappa shape index (κ2) is 8.34. The number of halogens is 1. The van der Waals surface area contributed by atoms with E-state index in [1.165, 1.54) is 12.1 Å². The van der Waals surface area contributed by atoms with Gasteiger partial charge in [-0.1, -0.05) is 24.3 Å². The first-order valence-electron chi connectivity index (χ1n) is 8.43. The number of hydrogen-bond acceptors (Lipinski definition) is 2. The molecule has 3 aromatic rings. The van der Waals surface area contributed by atoms with Crippen molar-refractivity contribution in [3.8, 4) is 5.75 Å². The van der Waals surface area contributed by atoms with Gasteiger partial charge in [0.25, 0.3) is 0 Å². The maximum absolute atomic E-state index is 13.6. The molecule has 0 aliphatic carbocycles. The molecule has 0 aliphatic heterocycles. The molecule has 0 spiro atoms. The van der Waals surface area contributed by atoms with Crippen molar-refractivity contribution < 1.29 is 13.9 Å². The first kappa shape index (κ1) is 17.7. The Bertz CT molecular complexity index is 862. The molecule has 0 unspecified atom stereocenters. The van der Waals surface area contributed by atoms with Crippen molar-refractivity contribution in [1.29, 1.82) is 0 Å². The summed E-state index contributed by atoms with van der Waals surface area (Å²) in [6.45, 7) is 0.414. The lowest BCUT2D eigenvalue weighted by atomic mass is 10.0. The molecule has 4 nitrogen and oxygen atoms in total. The second-order valence-electron chi connectivity index (χ2n) is 6.03. The van der Waals surface area contributed by atoms with E-state index in [0.717, 1.165) is 16.9 Å². The Morgan fingerprint density at radius 2 is 1.88 bits per heavy atom. The van der Waals surface area contributed by atoms with Gasteiger partial charge in [-0.25, -0.2) is 4.39 Å². The molecule has 0 bridgehead atoms. The van der Waals surface area contributed by atoms with Gasteiger partial charge in [-0.15, -0.1) is 0 Å². The molecular weight excluding hydrogens is 331 g/mol.